The van der Waals surface area contributed by atoms with Gasteiger partial charge in [0.1, 0.15) is 16.8 Å². The highest BCUT2D eigenvalue weighted by molar-refractivity contribution is 6.02. The Morgan fingerprint density at radius 1 is 1.03 bits per heavy atom. The van der Waals surface area contributed by atoms with E-state index in [0.29, 0.717) is 31.6 Å². The van der Waals surface area contributed by atoms with Crippen LogP contribution in [0.15, 0.2) is 41.3 Å². The number of alkyl halides is 3. The summed E-state index contributed by atoms with van der Waals surface area (Å²) < 4.78 is 45.0. The van der Waals surface area contributed by atoms with Crippen molar-refractivity contribution in [2.24, 2.45) is 0 Å². The molecule has 3 aromatic rings. The smallest absolute Gasteiger partial charge is 0.416 e. The minimum atomic E-state index is -4.54. The molecule has 1 aromatic carbocycles. The largest absolute Gasteiger partial charge is 0.444 e. The van der Waals surface area contributed by atoms with Crippen LogP contribution in [0.25, 0.3) is 5.65 Å². The van der Waals surface area contributed by atoms with E-state index in [1.54, 1.807) is 25.7 Å². The second-order valence-electron chi connectivity index (χ2n) is 10.1. The molecule has 0 atom stereocenters. The monoisotopic (exact) mass is 548 g/mol. The molecule has 0 aliphatic carbocycles. The van der Waals surface area contributed by atoms with Crippen molar-refractivity contribution in [3.05, 3.63) is 69.3 Å². The predicted molar refractivity (Wildman–Crippen MR) is 132 cm³/mol. The number of nitrogens with one attached hydrogen (secondary N) is 3. The molecule has 39 heavy (non-hydrogen) atoms. The van der Waals surface area contributed by atoms with Crippen LogP contribution in [0.2, 0.25) is 0 Å². The average molecular weight is 549 g/mol. The fourth-order valence-electron chi connectivity index (χ4n) is 4.22. The number of rotatable bonds is 3. The van der Waals surface area contributed by atoms with Crippen LogP contribution in [-0.2, 0) is 10.9 Å². The van der Waals surface area contributed by atoms with Crippen molar-refractivity contribution in [2.45, 2.75) is 51.3 Å². The van der Waals surface area contributed by atoms with Gasteiger partial charge >= 0.3 is 12.3 Å². The van der Waals surface area contributed by atoms with E-state index in [4.69, 9.17) is 4.74 Å². The number of halogens is 3. The number of aromatic amines is 1. The molecule has 2 aromatic heterocycles. The van der Waals surface area contributed by atoms with Crippen LogP contribution in [0.4, 0.5) is 18.0 Å². The van der Waals surface area contributed by atoms with E-state index in [1.807, 2.05) is 0 Å². The Kier molecular flexibility index (Phi) is 7.39. The lowest BCUT2D eigenvalue weighted by atomic mass is 9.93. The summed E-state index contributed by atoms with van der Waals surface area (Å²) in [5.41, 5.74) is 2.86. The number of benzene rings is 1. The van der Waals surface area contributed by atoms with Crippen LogP contribution in [0.3, 0.4) is 0 Å². The average Bonchev–Trinajstić information content (AvgIpc) is 3.29. The van der Waals surface area contributed by atoms with Gasteiger partial charge in [-0.05, 0) is 57.9 Å². The summed E-state index contributed by atoms with van der Waals surface area (Å²) in [7, 11) is 0. The van der Waals surface area contributed by atoms with Crippen molar-refractivity contribution < 1.29 is 32.3 Å². The first-order valence-corrected chi connectivity index (χ1v) is 12.1. The summed E-state index contributed by atoms with van der Waals surface area (Å²) >= 11 is 0. The van der Waals surface area contributed by atoms with Gasteiger partial charge in [0.05, 0.1) is 17.5 Å². The van der Waals surface area contributed by atoms with Crippen molar-refractivity contribution in [3.8, 4) is 0 Å². The third kappa shape index (κ3) is 6.38. The normalized spacial score (nSPS) is 14.8. The fraction of sp³-hybridized carbons (Fsp3) is 0.400. The number of piperidine rings is 1. The molecule has 3 N–H and O–H groups in total. The van der Waals surface area contributed by atoms with Gasteiger partial charge in [0.15, 0.2) is 0 Å². The third-order valence-electron chi connectivity index (χ3n) is 6.11. The van der Waals surface area contributed by atoms with E-state index in [1.165, 1.54) is 16.8 Å². The molecule has 0 radical (unpaired) electrons. The number of hydrazine groups is 1. The first kappa shape index (κ1) is 27.7. The number of hydrogen-bond acceptors (Lipinski definition) is 6. The van der Waals surface area contributed by atoms with Crippen molar-refractivity contribution in [1.82, 2.24) is 30.3 Å². The van der Waals surface area contributed by atoms with Gasteiger partial charge in [-0.25, -0.2) is 9.31 Å². The summed E-state index contributed by atoms with van der Waals surface area (Å²) in [6, 6.07) is 4.87. The summed E-state index contributed by atoms with van der Waals surface area (Å²) in [5.74, 6) is -1.75. The second kappa shape index (κ2) is 10.4. The highest BCUT2D eigenvalue weighted by atomic mass is 19.4. The maximum Gasteiger partial charge on any atom is 0.416 e. The zero-order chi connectivity index (χ0) is 28.5. The van der Waals surface area contributed by atoms with Crippen molar-refractivity contribution in [3.63, 3.8) is 0 Å². The molecule has 208 valence electrons. The molecule has 1 aliphatic heterocycles. The SMILES string of the molecule is CC(C)(C)OC(=O)N1CCC(c2cc(=O)[nH]c3c(C(=O)NNC(=O)c4ccc(C(F)(F)F)cc4)cnn23)CC1. The molecule has 0 spiro atoms. The Balaban J connectivity index is 1.44. The molecule has 1 saturated heterocycles. The molecule has 0 bridgehead atoms. The fourth-order valence-corrected chi connectivity index (χ4v) is 4.22. The van der Waals surface area contributed by atoms with Crippen LogP contribution in [-0.4, -0.2) is 56.1 Å². The number of fused-ring (bicyclic) bond motifs is 1. The van der Waals surface area contributed by atoms with E-state index >= 15 is 0 Å². The number of ether oxygens (including phenoxy) is 1. The minimum absolute atomic E-state index is 0.0344. The van der Waals surface area contributed by atoms with Gasteiger partial charge in [0.2, 0.25) is 0 Å². The van der Waals surface area contributed by atoms with Crippen LogP contribution >= 0.6 is 0 Å². The lowest BCUT2D eigenvalue weighted by Gasteiger charge is -2.33. The Labute approximate surface area is 220 Å². The molecule has 0 saturated carbocycles. The van der Waals surface area contributed by atoms with Gasteiger partial charge in [-0.15, -0.1) is 0 Å². The van der Waals surface area contributed by atoms with Crippen molar-refractivity contribution in [1.29, 1.82) is 0 Å². The number of nitrogens with zero attached hydrogens (tertiary/aromatic N) is 3. The summed E-state index contributed by atoms with van der Waals surface area (Å²) in [4.78, 5) is 54.0. The van der Waals surface area contributed by atoms with Crippen LogP contribution in [0, 0.1) is 0 Å². The number of likely N-dealkylation sites (tertiary alicyclic amines) is 1. The van der Waals surface area contributed by atoms with Crippen molar-refractivity contribution >= 4 is 23.6 Å². The Morgan fingerprint density at radius 3 is 2.23 bits per heavy atom. The third-order valence-corrected chi connectivity index (χ3v) is 6.11. The molecule has 1 aliphatic rings. The lowest BCUT2D eigenvalue weighted by Crippen LogP contribution is -2.42. The number of amides is 3. The van der Waals surface area contributed by atoms with Crippen LogP contribution < -0.4 is 16.4 Å². The number of aromatic nitrogens is 3. The summed E-state index contributed by atoms with van der Waals surface area (Å²) in [6.45, 7) is 6.19. The Hall–Kier alpha value is -4.36. The first-order chi connectivity index (χ1) is 18.2. The van der Waals surface area contributed by atoms with E-state index in [-0.39, 0.29) is 22.7 Å². The molecular formula is C25H27F3N6O5. The molecule has 4 rings (SSSR count). The zero-order valence-corrected chi connectivity index (χ0v) is 21.4. The van der Waals surface area contributed by atoms with Crippen LogP contribution in [0.1, 0.15) is 71.5 Å². The van der Waals surface area contributed by atoms with Gasteiger partial charge < -0.3 is 14.6 Å². The number of carbonyl (C=O) groups excluding carboxylic acids is 3. The van der Waals surface area contributed by atoms with E-state index in [2.05, 4.69) is 20.9 Å². The minimum Gasteiger partial charge on any atom is -0.444 e. The topological polar surface area (TPSA) is 138 Å². The van der Waals surface area contributed by atoms with Crippen LogP contribution in [0.5, 0.6) is 0 Å². The van der Waals surface area contributed by atoms with Gasteiger partial charge in [-0.2, -0.15) is 18.3 Å². The summed E-state index contributed by atoms with van der Waals surface area (Å²) in [5, 5.41) is 4.24. The molecule has 3 heterocycles. The number of hydrogen-bond donors (Lipinski definition) is 3. The highest BCUT2D eigenvalue weighted by Crippen LogP contribution is 2.30. The zero-order valence-electron chi connectivity index (χ0n) is 21.4. The molecule has 11 nitrogen and oxygen atoms in total. The standard InChI is InChI=1S/C25H27F3N6O5/c1-24(2,3)39-23(38)33-10-8-14(9-11-33)18-12-19(35)30-20-17(13-29-34(18)20)22(37)32-31-21(36)15-4-6-16(7-5-15)25(26,27)28/h4-7,12-14H,8-11H2,1-3H3,(H,30,35)(H,31,36)(H,32,37). The Bertz CT molecular complexity index is 1450. The van der Waals surface area contributed by atoms with E-state index in [9.17, 15) is 32.3 Å². The van der Waals surface area contributed by atoms with Gasteiger partial charge in [0, 0.05) is 30.6 Å². The summed E-state index contributed by atoms with van der Waals surface area (Å²) in [6.07, 6.45) is -2.64. The first-order valence-electron chi connectivity index (χ1n) is 12.1. The molecule has 3 amide bonds. The predicted octanol–water partition coefficient (Wildman–Crippen LogP) is 3.23. The Morgan fingerprint density at radius 2 is 1.64 bits per heavy atom. The number of H-pyrrole nitrogens is 1. The molecule has 14 heteroatoms. The maximum absolute atomic E-state index is 12.8. The van der Waals surface area contributed by atoms with Gasteiger partial charge in [-0.3, -0.25) is 25.2 Å². The van der Waals surface area contributed by atoms with Gasteiger partial charge in [0.25, 0.3) is 17.4 Å². The highest BCUT2D eigenvalue weighted by Gasteiger charge is 2.31. The molecule has 0 unspecified atom stereocenters. The van der Waals surface area contributed by atoms with E-state index < -0.39 is 40.8 Å². The lowest BCUT2D eigenvalue weighted by molar-refractivity contribution is -0.137. The quantitative estimate of drug-likeness (QED) is 0.430. The maximum atomic E-state index is 12.8. The van der Waals surface area contributed by atoms with E-state index in [0.717, 1.165) is 24.3 Å². The molecular weight excluding hydrogens is 521 g/mol. The van der Waals surface area contributed by atoms with Crippen molar-refractivity contribution in [2.75, 3.05) is 13.1 Å². The van der Waals surface area contributed by atoms with Gasteiger partial charge in [-0.1, -0.05) is 0 Å². The number of carbonyl (C=O) groups is 3. The second-order valence-corrected chi connectivity index (χ2v) is 10.1. The molecule has 1 fully saturated rings.